The minimum atomic E-state index is -1.32. The first kappa shape index (κ1) is 28.8. The van der Waals surface area contributed by atoms with Gasteiger partial charge in [0.25, 0.3) is 0 Å². The summed E-state index contributed by atoms with van der Waals surface area (Å²) in [7, 11) is 0. The molecule has 3 aliphatic rings. The molecule has 1 saturated heterocycles. The number of rotatable bonds is 6. The Hall–Kier alpha value is -3.73. The van der Waals surface area contributed by atoms with Crippen molar-refractivity contribution in [3.63, 3.8) is 0 Å². The molecule has 0 N–H and O–H groups in total. The van der Waals surface area contributed by atoms with Crippen molar-refractivity contribution in [2.24, 2.45) is 17.3 Å². The number of hydrogen-bond acceptors (Lipinski definition) is 11. The van der Waals surface area contributed by atoms with E-state index in [0.717, 1.165) is 0 Å². The number of aromatic nitrogens is 1. The predicted octanol–water partition coefficient (Wildman–Crippen LogP) is 3.90. The van der Waals surface area contributed by atoms with Gasteiger partial charge in [0.2, 0.25) is 0 Å². The second kappa shape index (κ2) is 10.3. The van der Waals surface area contributed by atoms with Gasteiger partial charge >= 0.3 is 23.9 Å². The first-order chi connectivity index (χ1) is 19.3. The quantitative estimate of drug-likeness (QED) is 0.369. The van der Waals surface area contributed by atoms with Crippen molar-refractivity contribution in [3.05, 3.63) is 54.2 Å². The Morgan fingerprint density at radius 3 is 2.20 bits per heavy atom. The van der Waals surface area contributed by atoms with Gasteiger partial charge in [-0.05, 0) is 57.7 Å². The topological polar surface area (TPSA) is 140 Å². The summed E-state index contributed by atoms with van der Waals surface area (Å²) in [5.41, 5.74) is -3.24. The maximum Gasteiger partial charge on any atom is 0.341 e. The van der Waals surface area contributed by atoms with Crippen molar-refractivity contribution in [1.82, 2.24) is 4.98 Å². The molecule has 8 atom stereocenters. The summed E-state index contributed by atoms with van der Waals surface area (Å²) < 4.78 is 36.4. The molecule has 2 aromatic rings. The van der Waals surface area contributed by atoms with Crippen molar-refractivity contribution in [1.29, 1.82) is 0 Å². The smallest absolute Gasteiger partial charge is 0.341 e. The molecule has 3 heterocycles. The van der Waals surface area contributed by atoms with Gasteiger partial charge in [0, 0.05) is 26.2 Å². The summed E-state index contributed by atoms with van der Waals surface area (Å²) in [6, 6.07) is 4.66. The van der Waals surface area contributed by atoms with E-state index in [9.17, 15) is 19.2 Å². The van der Waals surface area contributed by atoms with E-state index in [-0.39, 0.29) is 17.0 Å². The lowest BCUT2D eigenvalue weighted by atomic mass is 9.48. The van der Waals surface area contributed by atoms with Crippen LogP contribution in [0.25, 0.3) is 0 Å². The van der Waals surface area contributed by atoms with E-state index in [4.69, 9.17) is 28.1 Å². The second-order valence-corrected chi connectivity index (χ2v) is 11.9. The highest BCUT2D eigenvalue weighted by Crippen LogP contribution is 2.68. The zero-order valence-electron chi connectivity index (χ0n) is 23.9. The molecule has 11 nitrogen and oxygen atoms in total. The standard InChI is InChI=1S/C30H35NO10/c1-16-9-10-21(37-17(2)32)29(6)25(40-26(34)19-8-7-12-31-14-19)23(38-18(3)33)22-24(30(16,29)41-28(22,4)5)39-27(35)20-11-13-36-15-20/h7-8,11-16,21-25H,9-10H2,1-6H3/t16?,21-,22+,23+,24+,25-,29-,30+/m0/s1. The number of hydrogen-bond donors (Lipinski definition) is 0. The number of esters is 4. The highest BCUT2D eigenvalue weighted by Gasteiger charge is 2.82. The molecule has 11 heteroatoms. The fourth-order valence-corrected chi connectivity index (χ4v) is 7.48. The van der Waals surface area contributed by atoms with Crippen LogP contribution in [0.1, 0.15) is 75.1 Å². The van der Waals surface area contributed by atoms with E-state index < -0.39 is 70.8 Å². The van der Waals surface area contributed by atoms with Crippen LogP contribution in [-0.2, 0) is 33.3 Å². The highest BCUT2D eigenvalue weighted by atomic mass is 16.6. The Morgan fingerprint density at radius 1 is 0.902 bits per heavy atom. The number of nitrogens with zero attached hydrogens (tertiary/aromatic N) is 1. The van der Waals surface area contributed by atoms with Crippen LogP contribution in [0.2, 0.25) is 0 Å². The summed E-state index contributed by atoms with van der Waals surface area (Å²) >= 11 is 0. The molecule has 41 heavy (non-hydrogen) atoms. The average Bonchev–Trinajstić information content (AvgIpc) is 3.51. The monoisotopic (exact) mass is 569 g/mol. The Bertz CT molecular complexity index is 1320. The lowest BCUT2D eigenvalue weighted by molar-refractivity contribution is -0.296. The fraction of sp³-hybridized carbons (Fsp3) is 0.567. The molecular formula is C30H35NO10. The molecule has 220 valence electrons. The summed E-state index contributed by atoms with van der Waals surface area (Å²) in [5, 5.41) is 0. The molecule has 0 aromatic carbocycles. The molecule has 2 aliphatic carbocycles. The second-order valence-electron chi connectivity index (χ2n) is 11.9. The van der Waals surface area contributed by atoms with Crippen molar-refractivity contribution < 1.29 is 47.3 Å². The van der Waals surface area contributed by atoms with Crippen LogP contribution in [0.4, 0.5) is 0 Å². The van der Waals surface area contributed by atoms with Crippen LogP contribution in [0, 0.1) is 17.3 Å². The first-order valence-electron chi connectivity index (χ1n) is 13.7. The highest BCUT2D eigenvalue weighted by molar-refractivity contribution is 5.90. The zero-order chi connectivity index (χ0) is 29.7. The Balaban J connectivity index is 1.71. The van der Waals surface area contributed by atoms with Crippen molar-refractivity contribution >= 4 is 23.9 Å². The molecule has 0 amide bonds. The van der Waals surface area contributed by atoms with E-state index in [0.29, 0.717) is 12.8 Å². The van der Waals surface area contributed by atoms with Crippen molar-refractivity contribution in [3.8, 4) is 0 Å². The van der Waals surface area contributed by atoms with Crippen LogP contribution >= 0.6 is 0 Å². The lowest BCUT2D eigenvalue weighted by Crippen LogP contribution is -2.76. The van der Waals surface area contributed by atoms with Gasteiger partial charge in [0.05, 0.1) is 34.3 Å². The van der Waals surface area contributed by atoms with Crippen molar-refractivity contribution in [2.45, 2.75) is 90.0 Å². The number of fused-ring (bicyclic) bond motifs is 1. The summed E-state index contributed by atoms with van der Waals surface area (Å²) in [6.45, 7) is 9.99. The molecule has 1 spiro atoms. The van der Waals surface area contributed by atoms with Crippen LogP contribution in [0.5, 0.6) is 0 Å². The molecule has 2 saturated carbocycles. The molecule has 2 bridgehead atoms. The van der Waals surface area contributed by atoms with Gasteiger partial charge in [-0.1, -0.05) is 6.92 Å². The normalized spacial score (nSPS) is 35.1. The molecule has 1 unspecified atom stereocenters. The van der Waals surface area contributed by atoms with E-state index in [2.05, 4.69) is 4.98 Å². The van der Waals surface area contributed by atoms with E-state index in [1.54, 1.807) is 19.1 Å². The third-order valence-corrected chi connectivity index (χ3v) is 9.06. The molecular weight excluding hydrogens is 534 g/mol. The van der Waals surface area contributed by atoms with Gasteiger partial charge in [0.15, 0.2) is 6.10 Å². The van der Waals surface area contributed by atoms with Gasteiger partial charge < -0.3 is 28.1 Å². The van der Waals surface area contributed by atoms with E-state index in [1.807, 2.05) is 20.8 Å². The summed E-state index contributed by atoms with van der Waals surface area (Å²) in [6.07, 6.45) is 2.50. The third kappa shape index (κ3) is 4.50. The molecule has 5 rings (SSSR count). The van der Waals surface area contributed by atoms with Crippen molar-refractivity contribution in [2.75, 3.05) is 0 Å². The Kier molecular flexibility index (Phi) is 7.21. The number of carbonyl (C=O) groups is 4. The zero-order valence-corrected chi connectivity index (χ0v) is 23.9. The average molecular weight is 570 g/mol. The Labute approximate surface area is 237 Å². The largest absolute Gasteiger partial charge is 0.472 e. The van der Waals surface area contributed by atoms with Gasteiger partial charge in [-0.15, -0.1) is 0 Å². The third-order valence-electron chi connectivity index (χ3n) is 9.06. The van der Waals surface area contributed by atoms with Gasteiger partial charge in [0.1, 0.15) is 30.2 Å². The maximum atomic E-state index is 13.5. The minimum Gasteiger partial charge on any atom is -0.472 e. The number of pyridine rings is 1. The SMILES string of the molecule is CC(=O)O[C@@H]1[C@@H]2[C@@H](OC(=O)c3ccoc3)[C@]3(OC2(C)C)C(C)CC[C@H](OC(C)=O)[C@@]3(C)[C@H]1OC(=O)c1cccnc1. The molecule has 2 aromatic heterocycles. The molecule has 1 aliphatic heterocycles. The lowest BCUT2D eigenvalue weighted by Gasteiger charge is -2.62. The molecule has 3 fully saturated rings. The van der Waals surface area contributed by atoms with E-state index in [1.165, 1.54) is 44.8 Å². The van der Waals surface area contributed by atoms with Gasteiger partial charge in [-0.2, -0.15) is 0 Å². The van der Waals surface area contributed by atoms with Crippen LogP contribution in [0.15, 0.2) is 47.5 Å². The van der Waals surface area contributed by atoms with Crippen LogP contribution in [-0.4, -0.2) is 64.5 Å². The van der Waals surface area contributed by atoms with Gasteiger partial charge in [-0.25, -0.2) is 9.59 Å². The summed E-state index contributed by atoms with van der Waals surface area (Å²) in [5.74, 6) is -3.49. The number of furan rings is 1. The first-order valence-corrected chi connectivity index (χ1v) is 13.7. The predicted molar refractivity (Wildman–Crippen MR) is 140 cm³/mol. The maximum absolute atomic E-state index is 13.5. The van der Waals surface area contributed by atoms with Gasteiger partial charge in [-0.3, -0.25) is 14.6 Å². The molecule has 0 radical (unpaired) electrons. The van der Waals surface area contributed by atoms with Crippen LogP contribution in [0.3, 0.4) is 0 Å². The van der Waals surface area contributed by atoms with Crippen LogP contribution < -0.4 is 0 Å². The number of carbonyl (C=O) groups excluding carboxylic acids is 4. The summed E-state index contributed by atoms with van der Waals surface area (Å²) in [4.78, 5) is 55.9. The number of ether oxygens (including phenoxy) is 5. The Morgan fingerprint density at radius 2 is 1.59 bits per heavy atom. The fourth-order valence-electron chi connectivity index (χ4n) is 7.48. The minimum absolute atomic E-state index is 0.195. The van der Waals surface area contributed by atoms with E-state index >= 15 is 0 Å².